The number of fused-ring (bicyclic) bond motifs is 1. The van der Waals surface area contributed by atoms with Crippen molar-refractivity contribution in [2.24, 2.45) is 4.99 Å². The van der Waals surface area contributed by atoms with Gasteiger partial charge in [-0.25, -0.2) is 8.42 Å². The summed E-state index contributed by atoms with van der Waals surface area (Å²) in [5, 5.41) is 0.591. The first-order valence-electron chi connectivity index (χ1n) is 9.15. The summed E-state index contributed by atoms with van der Waals surface area (Å²) in [6.07, 6.45) is 0. The van der Waals surface area contributed by atoms with E-state index in [1.807, 2.05) is 23.6 Å². The second kappa shape index (κ2) is 9.21. The zero-order valence-electron chi connectivity index (χ0n) is 16.1. The lowest BCUT2D eigenvalue weighted by Crippen LogP contribution is -2.20. The Balaban J connectivity index is 2.13. The summed E-state index contributed by atoms with van der Waals surface area (Å²) >= 11 is 7.43. The van der Waals surface area contributed by atoms with Gasteiger partial charge in [-0.05, 0) is 37.3 Å². The zero-order valence-corrected chi connectivity index (χ0v) is 18.5. The molecular weight excluding hydrogens is 432 g/mol. The number of carbonyl (C=O) groups is 1. The number of nitrogens with zero attached hydrogens (tertiary/aromatic N) is 2. The van der Waals surface area contributed by atoms with Crippen molar-refractivity contribution in [1.29, 1.82) is 0 Å². The number of hydrogen-bond donors (Lipinski definition) is 0. The van der Waals surface area contributed by atoms with E-state index < -0.39 is 15.7 Å². The Morgan fingerprint density at radius 1 is 1.21 bits per heavy atom. The molecule has 0 spiro atoms. The smallest absolute Gasteiger partial charge is 0.280 e. The molecule has 0 saturated heterocycles. The average molecular weight is 453 g/mol. The molecule has 0 aliphatic rings. The fourth-order valence-electron chi connectivity index (χ4n) is 2.87. The number of hydrogen-bond acceptors (Lipinski definition) is 5. The molecule has 1 heterocycles. The molecule has 29 heavy (non-hydrogen) atoms. The lowest BCUT2D eigenvalue weighted by Gasteiger charge is -2.07. The van der Waals surface area contributed by atoms with Gasteiger partial charge in [-0.1, -0.05) is 42.0 Å². The Bertz CT molecular complexity index is 1210. The van der Waals surface area contributed by atoms with Crippen LogP contribution in [0, 0.1) is 0 Å². The molecule has 0 radical (unpaired) electrons. The molecule has 3 aromatic rings. The van der Waals surface area contributed by atoms with E-state index in [4.69, 9.17) is 16.3 Å². The number of ether oxygens (including phenoxy) is 1. The fourth-order valence-corrected chi connectivity index (χ4v) is 5.28. The van der Waals surface area contributed by atoms with Crippen LogP contribution >= 0.6 is 22.9 Å². The third kappa shape index (κ3) is 4.78. The lowest BCUT2D eigenvalue weighted by atomic mass is 10.2. The van der Waals surface area contributed by atoms with Crippen molar-refractivity contribution in [2.75, 3.05) is 19.0 Å². The van der Waals surface area contributed by atoms with Crippen LogP contribution in [0.5, 0.6) is 0 Å². The molecule has 6 nitrogen and oxygen atoms in total. The minimum atomic E-state index is -3.55. The number of rotatable bonds is 7. The summed E-state index contributed by atoms with van der Waals surface area (Å²) in [7, 11) is -3.55. The summed E-state index contributed by atoms with van der Waals surface area (Å²) in [5.41, 5.74) is 0.960. The van der Waals surface area contributed by atoms with Crippen molar-refractivity contribution < 1.29 is 17.9 Å². The maximum absolute atomic E-state index is 12.9. The van der Waals surface area contributed by atoms with E-state index in [9.17, 15) is 13.2 Å². The predicted octanol–water partition coefficient (Wildman–Crippen LogP) is 3.93. The van der Waals surface area contributed by atoms with Crippen molar-refractivity contribution in [3.8, 4) is 0 Å². The van der Waals surface area contributed by atoms with Gasteiger partial charge in [0.05, 0.1) is 33.0 Å². The number of sulfone groups is 1. The molecule has 0 aliphatic heterocycles. The lowest BCUT2D eigenvalue weighted by molar-refractivity contribution is 0.0993. The molecule has 0 atom stereocenters. The number of thiazole rings is 1. The normalized spacial score (nSPS) is 12.6. The first-order valence-corrected chi connectivity index (χ1v) is 12.0. The largest absolute Gasteiger partial charge is 0.380 e. The Morgan fingerprint density at radius 2 is 1.97 bits per heavy atom. The average Bonchev–Trinajstić information content (AvgIpc) is 3.04. The molecule has 3 rings (SSSR count). The Labute approximate surface area is 178 Å². The van der Waals surface area contributed by atoms with Gasteiger partial charge in [0.25, 0.3) is 5.91 Å². The van der Waals surface area contributed by atoms with E-state index in [0.29, 0.717) is 29.6 Å². The second-order valence-electron chi connectivity index (χ2n) is 6.16. The maximum atomic E-state index is 12.9. The van der Waals surface area contributed by atoms with Crippen LogP contribution in [0.15, 0.2) is 52.4 Å². The standard InChI is InChI=1S/C20H21ClN2O4S2/c1-3-27-12-11-23-16-10-9-14(21)13-17(16)28-20(23)22-19(24)15-7-5-6-8-18(15)29(25,26)4-2/h5-10,13H,3-4,11-12H2,1-2H3. The summed E-state index contributed by atoms with van der Waals surface area (Å²) in [6.45, 7) is 5.02. The van der Waals surface area contributed by atoms with E-state index in [-0.39, 0.29) is 16.2 Å². The van der Waals surface area contributed by atoms with Crippen molar-refractivity contribution >= 4 is 48.9 Å². The van der Waals surface area contributed by atoms with E-state index in [0.717, 1.165) is 10.2 Å². The van der Waals surface area contributed by atoms with Gasteiger partial charge in [0.1, 0.15) is 0 Å². The van der Waals surface area contributed by atoms with Crippen LogP contribution < -0.4 is 4.80 Å². The van der Waals surface area contributed by atoms with Gasteiger partial charge in [0, 0.05) is 18.2 Å². The van der Waals surface area contributed by atoms with Gasteiger partial charge in [0.2, 0.25) is 0 Å². The number of carbonyl (C=O) groups excluding carboxylic acids is 1. The number of benzene rings is 2. The molecular formula is C20H21ClN2O4S2. The highest BCUT2D eigenvalue weighted by Gasteiger charge is 2.20. The number of amides is 1. The minimum absolute atomic E-state index is 0.00118. The first kappa shape index (κ1) is 21.7. The molecule has 0 fully saturated rings. The van der Waals surface area contributed by atoms with Crippen LogP contribution in [0.25, 0.3) is 10.2 Å². The van der Waals surface area contributed by atoms with Crippen LogP contribution in [0.4, 0.5) is 0 Å². The van der Waals surface area contributed by atoms with Gasteiger partial charge < -0.3 is 9.30 Å². The molecule has 1 aromatic heterocycles. The van der Waals surface area contributed by atoms with E-state index >= 15 is 0 Å². The number of halogens is 1. The van der Waals surface area contributed by atoms with Crippen molar-refractivity contribution in [1.82, 2.24) is 4.57 Å². The molecule has 9 heteroatoms. The first-order chi connectivity index (χ1) is 13.9. The summed E-state index contributed by atoms with van der Waals surface area (Å²) in [6, 6.07) is 11.6. The van der Waals surface area contributed by atoms with Crippen LogP contribution in [-0.4, -0.2) is 37.9 Å². The van der Waals surface area contributed by atoms with Crippen LogP contribution in [0.1, 0.15) is 24.2 Å². The van der Waals surface area contributed by atoms with Gasteiger partial charge in [-0.2, -0.15) is 4.99 Å². The number of aromatic nitrogens is 1. The Hall–Kier alpha value is -2.00. The van der Waals surface area contributed by atoms with Crippen LogP contribution in [-0.2, 0) is 21.1 Å². The molecule has 0 unspecified atom stereocenters. The molecule has 1 amide bonds. The van der Waals surface area contributed by atoms with Gasteiger partial charge in [-0.15, -0.1) is 0 Å². The second-order valence-corrected chi connectivity index (χ2v) is 9.85. The van der Waals surface area contributed by atoms with E-state index in [1.54, 1.807) is 25.1 Å². The highest BCUT2D eigenvalue weighted by atomic mass is 35.5. The SMILES string of the molecule is CCOCCn1c(=NC(=O)c2ccccc2S(=O)(=O)CC)sc2cc(Cl)ccc21. The van der Waals surface area contributed by atoms with Crippen LogP contribution in [0.3, 0.4) is 0 Å². The van der Waals surface area contributed by atoms with Gasteiger partial charge >= 0.3 is 0 Å². The highest BCUT2D eigenvalue weighted by Crippen LogP contribution is 2.22. The van der Waals surface area contributed by atoms with Crippen molar-refractivity contribution in [2.45, 2.75) is 25.3 Å². The third-order valence-corrected chi connectivity index (χ3v) is 7.40. The summed E-state index contributed by atoms with van der Waals surface area (Å²) in [5.74, 6) is -0.687. The quantitative estimate of drug-likeness (QED) is 0.509. The van der Waals surface area contributed by atoms with Crippen molar-refractivity contribution in [3.63, 3.8) is 0 Å². The highest BCUT2D eigenvalue weighted by molar-refractivity contribution is 7.91. The van der Waals surface area contributed by atoms with Gasteiger partial charge in [0.15, 0.2) is 14.6 Å². The third-order valence-electron chi connectivity index (χ3n) is 4.34. The molecule has 0 saturated carbocycles. The Kier molecular flexibility index (Phi) is 6.89. The van der Waals surface area contributed by atoms with Crippen molar-refractivity contribution in [3.05, 3.63) is 57.9 Å². The molecule has 0 aliphatic carbocycles. The van der Waals surface area contributed by atoms with Crippen LogP contribution in [0.2, 0.25) is 5.02 Å². The monoisotopic (exact) mass is 452 g/mol. The molecule has 0 N–H and O–H groups in total. The molecule has 2 aromatic carbocycles. The molecule has 0 bridgehead atoms. The molecule has 154 valence electrons. The van der Waals surface area contributed by atoms with Gasteiger partial charge in [-0.3, -0.25) is 4.79 Å². The van der Waals surface area contributed by atoms with E-state index in [1.165, 1.54) is 23.5 Å². The summed E-state index contributed by atoms with van der Waals surface area (Å²) in [4.78, 5) is 17.7. The Morgan fingerprint density at radius 3 is 2.69 bits per heavy atom. The predicted molar refractivity (Wildman–Crippen MR) is 115 cm³/mol. The fraction of sp³-hybridized carbons (Fsp3) is 0.300. The van der Waals surface area contributed by atoms with E-state index in [2.05, 4.69) is 4.99 Å². The maximum Gasteiger partial charge on any atom is 0.280 e. The zero-order chi connectivity index (χ0) is 21.0. The minimum Gasteiger partial charge on any atom is -0.380 e. The summed E-state index contributed by atoms with van der Waals surface area (Å²) < 4.78 is 33.0. The topological polar surface area (TPSA) is 77.7 Å².